The van der Waals surface area contributed by atoms with Crippen LogP contribution in [0.25, 0.3) is 0 Å². The molecule has 2 rings (SSSR count). The van der Waals surface area contributed by atoms with Gasteiger partial charge in [0.15, 0.2) is 0 Å². The highest BCUT2D eigenvalue weighted by molar-refractivity contribution is 4.96. The Kier molecular flexibility index (Phi) is 2.79. The van der Waals surface area contributed by atoms with E-state index in [0.717, 1.165) is 19.1 Å². The molecule has 68 valence electrons. The highest BCUT2D eigenvalue weighted by Gasteiger charge is 2.16. The molecule has 0 unspecified atom stereocenters. The Morgan fingerprint density at radius 3 is 2.75 bits per heavy atom. The first-order valence-corrected chi connectivity index (χ1v) is 5.06. The Hall–Kier alpha value is -0.340. The van der Waals surface area contributed by atoms with Crippen molar-refractivity contribution in [3.8, 4) is 0 Å². The highest BCUT2D eigenvalue weighted by Crippen LogP contribution is 2.09. The monoisotopic (exact) mass is 166 g/mol. The predicted octanol–water partition coefficient (Wildman–Crippen LogP) is 1.00. The zero-order valence-corrected chi connectivity index (χ0v) is 7.63. The molecule has 0 saturated carbocycles. The highest BCUT2D eigenvalue weighted by atomic mass is 15.2. The summed E-state index contributed by atoms with van der Waals surface area (Å²) in [5.74, 6) is 0. The van der Waals surface area contributed by atoms with E-state index in [1.165, 1.54) is 32.4 Å². The summed E-state index contributed by atoms with van der Waals surface area (Å²) < 4.78 is 0. The van der Waals surface area contributed by atoms with Crippen molar-refractivity contribution in [1.29, 1.82) is 0 Å². The molecule has 1 saturated heterocycles. The molecule has 1 N–H and O–H groups in total. The van der Waals surface area contributed by atoms with Crippen LogP contribution in [-0.4, -0.2) is 37.1 Å². The third-order valence-corrected chi connectivity index (χ3v) is 2.78. The molecule has 0 amide bonds. The summed E-state index contributed by atoms with van der Waals surface area (Å²) in [5.41, 5.74) is 0. The zero-order chi connectivity index (χ0) is 8.23. The van der Waals surface area contributed by atoms with Crippen LogP contribution >= 0.6 is 0 Å². The van der Waals surface area contributed by atoms with Crippen LogP contribution in [0.1, 0.15) is 19.3 Å². The molecule has 2 nitrogen and oxygen atoms in total. The van der Waals surface area contributed by atoms with E-state index < -0.39 is 0 Å². The van der Waals surface area contributed by atoms with Gasteiger partial charge in [0.05, 0.1) is 0 Å². The first-order valence-electron chi connectivity index (χ1n) is 5.06. The average Bonchev–Trinajstić information content (AvgIpc) is 2.59. The lowest BCUT2D eigenvalue weighted by molar-refractivity contribution is 0.271. The second-order valence-electron chi connectivity index (χ2n) is 3.84. The van der Waals surface area contributed by atoms with Crippen molar-refractivity contribution in [2.24, 2.45) is 0 Å². The van der Waals surface area contributed by atoms with Gasteiger partial charge in [-0.25, -0.2) is 0 Å². The fraction of sp³-hybridized carbons (Fsp3) is 0.800. The van der Waals surface area contributed by atoms with Gasteiger partial charge in [-0.2, -0.15) is 0 Å². The molecule has 2 heteroatoms. The number of hydrogen-bond acceptors (Lipinski definition) is 2. The molecule has 0 spiro atoms. The number of hydrogen-bond donors (Lipinski definition) is 1. The minimum Gasteiger partial charge on any atom is -0.313 e. The molecule has 1 fully saturated rings. The maximum absolute atomic E-state index is 3.58. The smallest absolute Gasteiger partial charge is 0.0195 e. The first kappa shape index (κ1) is 8.27. The van der Waals surface area contributed by atoms with Gasteiger partial charge in [-0.3, -0.25) is 4.90 Å². The van der Waals surface area contributed by atoms with E-state index >= 15 is 0 Å². The van der Waals surface area contributed by atoms with Gasteiger partial charge in [0.25, 0.3) is 0 Å². The SMILES string of the molecule is C1=CCN(C[C@@H]2CCCCN2)C1. The molecular formula is C10H18N2. The molecule has 2 aliphatic heterocycles. The van der Waals surface area contributed by atoms with Gasteiger partial charge in [-0.15, -0.1) is 0 Å². The van der Waals surface area contributed by atoms with Crippen molar-refractivity contribution in [1.82, 2.24) is 10.2 Å². The van der Waals surface area contributed by atoms with Crippen molar-refractivity contribution < 1.29 is 0 Å². The quantitative estimate of drug-likeness (QED) is 0.616. The lowest BCUT2D eigenvalue weighted by Crippen LogP contribution is -2.42. The summed E-state index contributed by atoms with van der Waals surface area (Å²) in [4.78, 5) is 2.50. The summed E-state index contributed by atoms with van der Waals surface area (Å²) in [7, 11) is 0. The summed E-state index contributed by atoms with van der Waals surface area (Å²) in [5, 5.41) is 3.58. The van der Waals surface area contributed by atoms with E-state index in [9.17, 15) is 0 Å². The molecule has 0 aromatic carbocycles. The molecule has 2 heterocycles. The predicted molar refractivity (Wildman–Crippen MR) is 51.2 cm³/mol. The van der Waals surface area contributed by atoms with Crippen LogP contribution in [0.3, 0.4) is 0 Å². The van der Waals surface area contributed by atoms with Gasteiger partial charge in [0, 0.05) is 25.7 Å². The average molecular weight is 166 g/mol. The summed E-state index contributed by atoms with van der Waals surface area (Å²) >= 11 is 0. The zero-order valence-electron chi connectivity index (χ0n) is 7.63. The van der Waals surface area contributed by atoms with Gasteiger partial charge < -0.3 is 5.32 Å². The third kappa shape index (κ3) is 2.08. The largest absolute Gasteiger partial charge is 0.313 e. The molecule has 12 heavy (non-hydrogen) atoms. The van der Waals surface area contributed by atoms with Gasteiger partial charge in [-0.05, 0) is 19.4 Å². The standard InChI is InChI=1S/C10H18N2/c1-2-6-11-10(5-1)9-12-7-3-4-8-12/h3-4,10-11H,1-2,5-9H2/t10-/m0/s1. The Labute approximate surface area is 74.6 Å². The maximum atomic E-state index is 3.58. The third-order valence-electron chi connectivity index (χ3n) is 2.78. The minimum absolute atomic E-state index is 0.763. The normalized spacial score (nSPS) is 31.2. The lowest BCUT2D eigenvalue weighted by Gasteiger charge is -2.27. The van der Waals surface area contributed by atoms with Crippen molar-refractivity contribution in [3.05, 3.63) is 12.2 Å². The number of nitrogens with one attached hydrogen (secondary N) is 1. The van der Waals surface area contributed by atoms with Crippen LogP contribution in [0, 0.1) is 0 Å². The molecule has 0 radical (unpaired) electrons. The Morgan fingerprint density at radius 1 is 1.25 bits per heavy atom. The van der Waals surface area contributed by atoms with Crippen molar-refractivity contribution in [2.75, 3.05) is 26.2 Å². The van der Waals surface area contributed by atoms with Crippen molar-refractivity contribution >= 4 is 0 Å². The molecule has 2 aliphatic rings. The molecule has 0 aliphatic carbocycles. The van der Waals surface area contributed by atoms with E-state index in [1.807, 2.05) is 0 Å². The second kappa shape index (κ2) is 4.06. The fourth-order valence-electron chi connectivity index (χ4n) is 2.06. The van der Waals surface area contributed by atoms with Crippen LogP contribution < -0.4 is 5.32 Å². The second-order valence-corrected chi connectivity index (χ2v) is 3.84. The molecule has 1 atom stereocenters. The topological polar surface area (TPSA) is 15.3 Å². The Bertz CT molecular complexity index is 151. The first-order chi connectivity index (χ1) is 5.95. The van der Waals surface area contributed by atoms with Gasteiger partial charge in [-0.1, -0.05) is 18.6 Å². The Morgan fingerprint density at radius 2 is 2.08 bits per heavy atom. The minimum atomic E-state index is 0.763. The number of nitrogens with zero attached hydrogens (tertiary/aromatic N) is 1. The maximum Gasteiger partial charge on any atom is 0.0195 e. The van der Waals surface area contributed by atoms with Gasteiger partial charge >= 0.3 is 0 Å². The van der Waals surface area contributed by atoms with E-state index in [-0.39, 0.29) is 0 Å². The summed E-state index contributed by atoms with van der Waals surface area (Å²) in [6, 6.07) is 0.763. The summed E-state index contributed by atoms with van der Waals surface area (Å²) in [6.45, 7) is 4.80. The number of piperidine rings is 1. The number of rotatable bonds is 2. The molecule has 0 aromatic heterocycles. The van der Waals surface area contributed by atoms with Crippen LogP contribution in [0.4, 0.5) is 0 Å². The van der Waals surface area contributed by atoms with E-state index in [2.05, 4.69) is 22.4 Å². The van der Waals surface area contributed by atoms with Crippen molar-refractivity contribution in [3.63, 3.8) is 0 Å². The molecule has 0 bridgehead atoms. The van der Waals surface area contributed by atoms with Gasteiger partial charge in [0.2, 0.25) is 0 Å². The van der Waals surface area contributed by atoms with Crippen LogP contribution in [-0.2, 0) is 0 Å². The van der Waals surface area contributed by atoms with Crippen LogP contribution in [0.15, 0.2) is 12.2 Å². The van der Waals surface area contributed by atoms with E-state index in [4.69, 9.17) is 0 Å². The van der Waals surface area contributed by atoms with Crippen molar-refractivity contribution in [2.45, 2.75) is 25.3 Å². The summed E-state index contributed by atoms with van der Waals surface area (Å²) in [6.07, 6.45) is 8.69. The Balaban J connectivity index is 1.70. The van der Waals surface area contributed by atoms with Gasteiger partial charge in [0.1, 0.15) is 0 Å². The lowest BCUT2D eigenvalue weighted by atomic mass is 10.0. The van der Waals surface area contributed by atoms with Crippen LogP contribution in [0.2, 0.25) is 0 Å². The van der Waals surface area contributed by atoms with E-state index in [0.29, 0.717) is 0 Å². The molecular weight excluding hydrogens is 148 g/mol. The fourth-order valence-corrected chi connectivity index (χ4v) is 2.06. The van der Waals surface area contributed by atoms with E-state index in [1.54, 1.807) is 0 Å². The molecule has 0 aromatic rings. The van der Waals surface area contributed by atoms with Crippen LogP contribution in [0.5, 0.6) is 0 Å².